The minimum Gasteiger partial charge on any atom is -0.497 e. The summed E-state index contributed by atoms with van der Waals surface area (Å²) >= 11 is 1.61. The van der Waals surface area contributed by atoms with E-state index in [1.807, 2.05) is 49.4 Å². The Bertz CT molecular complexity index is 1210. The van der Waals surface area contributed by atoms with Crippen molar-refractivity contribution in [2.75, 3.05) is 18.3 Å². The maximum absolute atomic E-state index is 5.22. The summed E-state index contributed by atoms with van der Waals surface area (Å²) in [5.74, 6) is 2.28. The number of ether oxygens (including phenoxy) is 1. The molecule has 0 saturated heterocycles. The smallest absolute Gasteiger partial charge is 0.191 e. The third-order valence-corrected chi connectivity index (χ3v) is 5.84. The van der Waals surface area contributed by atoms with Gasteiger partial charge in [-0.25, -0.2) is 14.6 Å². The van der Waals surface area contributed by atoms with E-state index in [9.17, 15) is 0 Å². The fourth-order valence-corrected chi connectivity index (χ4v) is 3.76. The number of aromatic nitrogens is 5. The molecule has 0 amide bonds. The molecule has 0 saturated carbocycles. The SMILES string of the molecule is CCCSc1nc(N/N=C(\C)c2ccc(OC)cc2)c2nnn(Cc3ccccc3)c2n1. The molecule has 32 heavy (non-hydrogen) atoms. The molecule has 2 aromatic carbocycles. The van der Waals surface area contributed by atoms with Crippen molar-refractivity contribution < 1.29 is 4.74 Å². The Morgan fingerprint density at radius 3 is 2.59 bits per heavy atom. The number of methoxy groups -OCH3 is 1. The average molecular weight is 448 g/mol. The molecule has 2 aromatic heterocycles. The predicted octanol–water partition coefficient (Wildman–Crippen LogP) is 4.62. The fourth-order valence-electron chi connectivity index (χ4n) is 3.07. The number of anilines is 1. The van der Waals surface area contributed by atoms with Crippen LogP contribution in [-0.4, -0.2) is 43.5 Å². The Balaban J connectivity index is 1.65. The Morgan fingerprint density at radius 2 is 1.88 bits per heavy atom. The van der Waals surface area contributed by atoms with Crippen LogP contribution in [0.15, 0.2) is 64.9 Å². The van der Waals surface area contributed by atoms with Gasteiger partial charge in [0.15, 0.2) is 22.1 Å². The number of rotatable bonds is 9. The van der Waals surface area contributed by atoms with Crippen LogP contribution in [0.4, 0.5) is 5.82 Å². The van der Waals surface area contributed by atoms with E-state index in [2.05, 4.69) is 44.9 Å². The predicted molar refractivity (Wildman–Crippen MR) is 129 cm³/mol. The second-order valence-electron chi connectivity index (χ2n) is 7.15. The van der Waals surface area contributed by atoms with Crippen molar-refractivity contribution in [3.63, 3.8) is 0 Å². The van der Waals surface area contributed by atoms with E-state index >= 15 is 0 Å². The minimum absolute atomic E-state index is 0.542. The lowest BCUT2D eigenvalue weighted by Gasteiger charge is -2.07. The first kappa shape index (κ1) is 21.8. The summed E-state index contributed by atoms with van der Waals surface area (Å²) in [5, 5.41) is 13.9. The molecule has 0 unspecified atom stereocenters. The van der Waals surface area contributed by atoms with Gasteiger partial charge in [-0.15, -0.1) is 5.10 Å². The Kier molecular flexibility index (Phi) is 6.96. The number of thioether (sulfide) groups is 1. The maximum atomic E-state index is 5.22. The van der Waals surface area contributed by atoms with Crippen molar-refractivity contribution in [2.45, 2.75) is 32.0 Å². The zero-order chi connectivity index (χ0) is 22.3. The summed E-state index contributed by atoms with van der Waals surface area (Å²) in [6, 6.07) is 17.9. The molecule has 0 aliphatic carbocycles. The number of fused-ring (bicyclic) bond motifs is 1. The van der Waals surface area contributed by atoms with E-state index < -0.39 is 0 Å². The number of hydrogen-bond donors (Lipinski definition) is 1. The molecule has 0 bridgehead atoms. The molecule has 8 nitrogen and oxygen atoms in total. The lowest BCUT2D eigenvalue weighted by molar-refractivity contribution is 0.415. The van der Waals surface area contributed by atoms with Gasteiger partial charge in [0, 0.05) is 5.75 Å². The van der Waals surface area contributed by atoms with Crippen molar-refractivity contribution in [2.24, 2.45) is 5.10 Å². The number of hydrazone groups is 1. The van der Waals surface area contributed by atoms with E-state index in [4.69, 9.17) is 9.72 Å². The monoisotopic (exact) mass is 447 g/mol. The topological polar surface area (TPSA) is 90.1 Å². The van der Waals surface area contributed by atoms with Crippen molar-refractivity contribution >= 4 is 34.5 Å². The number of nitrogens with zero attached hydrogens (tertiary/aromatic N) is 6. The highest BCUT2D eigenvalue weighted by Gasteiger charge is 2.15. The Hall–Kier alpha value is -3.46. The zero-order valence-electron chi connectivity index (χ0n) is 18.3. The van der Waals surface area contributed by atoms with Crippen LogP contribution in [0.5, 0.6) is 5.75 Å². The highest BCUT2D eigenvalue weighted by atomic mass is 32.2. The molecule has 2 heterocycles. The molecule has 0 aliphatic heterocycles. The molecule has 0 aliphatic rings. The molecule has 4 rings (SSSR count). The fraction of sp³-hybridized carbons (Fsp3) is 0.261. The van der Waals surface area contributed by atoms with Crippen molar-refractivity contribution in [3.8, 4) is 5.75 Å². The van der Waals surface area contributed by atoms with Gasteiger partial charge in [0.1, 0.15) is 5.75 Å². The van der Waals surface area contributed by atoms with Crippen LogP contribution < -0.4 is 10.2 Å². The van der Waals surface area contributed by atoms with Gasteiger partial charge in [0.25, 0.3) is 0 Å². The summed E-state index contributed by atoms with van der Waals surface area (Å²) in [5.41, 5.74) is 7.29. The molecular weight excluding hydrogens is 422 g/mol. The number of hydrogen-bond acceptors (Lipinski definition) is 8. The van der Waals surface area contributed by atoms with Gasteiger partial charge >= 0.3 is 0 Å². The van der Waals surface area contributed by atoms with Crippen molar-refractivity contribution in [1.82, 2.24) is 25.0 Å². The molecule has 0 fully saturated rings. The molecule has 164 valence electrons. The molecule has 0 radical (unpaired) electrons. The maximum Gasteiger partial charge on any atom is 0.191 e. The highest BCUT2D eigenvalue weighted by Crippen LogP contribution is 2.24. The summed E-state index contributed by atoms with van der Waals surface area (Å²) in [7, 11) is 1.65. The first-order valence-electron chi connectivity index (χ1n) is 10.4. The van der Waals surface area contributed by atoms with Gasteiger partial charge in [-0.2, -0.15) is 5.10 Å². The zero-order valence-corrected chi connectivity index (χ0v) is 19.1. The van der Waals surface area contributed by atoms with Crippen molar-refractivity contribution in [1.29, 1.82) is 0 Å². The summed E-state index contributed by atoms with van der Waals surface area (Å²) < 4.78 is 7.02. The van der Waals surface area contributed by atoms with E-state index in [0.717, 1.165) is 34.8 Å². The first-order chi connectivity index (χ1) is 15.7. The van der Waals surface area contributed by atoms with Crippen LogP contribution in [0.2, 0.25) is 0 Å². The van der Waals surface area contributed by atoms with Gasteiger partial charge in [0.2, 0.25) is 0 Å². The number of benzene rings is 2. The third kappa shape index (κ3) is 5.05. The van der Waals surface area contributed by atoms with Crippen LogP contribution in [0, 0.1) is 0 Å². The van der Waals surface area contributed by atoms with Crippen LogP contribution in [0.3, 0.4) is 0 Å². The van der Waals surface area contributed by atoms with E-state index in [1.165, 1.54) is 0 Å². The lowest BCUT2D eigenvalue weighted by atomic mass is 10.1. The molecular formula is C23H25N7OS. The van der Waals surface area contributed by atoms with Gasteiger partial charge < -0.3 is 4.74 Å². The van der Waals surface area contributed by atoms with E-state index in [0.29, 0.717) is 28.7 Å². The molecule has 4 aromatic rings. The second-order valence-corrected chi connectivity index (χ2v) is 8.21. The molecule has 1 N–H and O–H groups in total. The average Bonchev–Trinajstić information content (AvgIpc) is 3.24. The highest BCUT2D eigenvalue weighted by molar-refractivity contribution is 7.99. The minimum atomic E-state index is 0.542. The van der Waals surface area contributed by atoms with Gasteiger partial charge in [-0.3, -0.25) is 5.43 Å². The quantitative estimate of drug-likeness (QED) is 0.173. The van der Waals surface area contributed by atoms with E-state index in [1.54, 1.807) is 23.6 Å². The molecule has 9 heteroatoms. The first-order valence-corrected chi connectivity index (χ1v) is 11.4. The standard InChI is InChI=1S/C23H25N7OS/c1-4-14-32-23-24-21(28-26-16(2)18-10-12-19(31-3)13-11-18)20-22(25-23)30(29-27-20)15-17-8-6-5-7-9-17/h5-13H,4,14-15H2,1-3H3,(H,24,25,28)/b26-16+. The van der Waals surface area contributed by atoms with Crippen LogP contribution in [0.1, 0.15) is 31.4 Å². The van der Waals surface area contributed by atoms with Gasteiger partial charge in [-0.05, 0) is 48.7 Å². The van der Waals surface area contributed by atoms with E-state index in [-0.39, 0.29) is 0 Å². The summed E-state index contributed by atoms with van der Waals surface area (Å²) in [6.07, 6.45) is 1.03. The molecule has 0 spiro atoms. The van der Waals surface area contributed by atoms with Gasteiger partial charge in [-0.1, -0.05) is 54.2 Å². The van der Waals surface area contributed by atoms with Crippen LogP contribution in [0.25, 0.3) is 11.2 Å². The van der Waals surface area contributed by atoms with Crippen molar-refractivity contribution in [3.05, 3.63) is 65.7 Å². The Labute approximate surface area is 191 Å². The van der Waals surface area contributed by atoms with Crippen LogP contribution >= 0.6 is 11.8 Å². The summed E-state index contributed by atoms with van der Waals surface area (Å²) in [6.45, 7) is 4.65. The number of nitrogens with one attached hydrogen (secondary N) is 1. The second kappa shape index (κ2) is 10.2. The third-order valence-electron chi connectivity index (χ3n) is 4.79. The summed E-state index contributed by atoms with van der Waals surface area (Å²) in [4.78, 5) is 9.37. The Morgan fingerprint density at radius 1 is 1.09 bits per heavy atom. The largest absolute Gasteiger partial charge is 0.497 e. The normalized spacial score (nSPS) is 11.7. The molecule has 0 atom stereocenters. The van der Waals surface area contributed by atoms with Crippen LogP contribution in [-0.2, 0) is 6.54 Å². The van der Waals surface area contributed by atoms with Gasteiger partial charge in [0.05, 0.1) is 19.4 Å². The lowest BCUT2D eigenvalue weighted by Crippen LogP contribution is -2.05.